The van der Waals surface area contributed by atoms with Crippen LogP contribution in [0.3, 0.4) is 0 Å². The zero-order valence-electron chi connectivity index (χ0n) is 11.6. The van der Waals surface area contributed by atoms with Crippen molar-refractivity contribution < 1.29 is 8.78 Å². The first kappa shape index (κ1) is 15.1. The zero-order valence-corrected chi connectivity index (χ0v) is 11.6. The highest BCUT2D eigenvalue weighted by atomic mass is 19.3. The van der Waals surface area contributed by atoms with E-state index in [0.717, 1.165) is 12.1 Å². The average Bonchev–Trinajstić information content (AvgIpc) is 2.29. The lowest BCUT2D eigenvalue weighted by atomic mass is 9.81. The van der Waals surface area contributed by atoms with Crippen molar-refractivity contribution in [3.63, 3.8) is 0 Å². The number of halogens is 2. The molecule has 3 heteroatoms. The highest BCUT2D eigenvalue weighted by Gasteiger charge is 2.21. The Morgan fingerprint density at radius 1 is 1.22 bits per heavy atom. The molecular weight excluding hydrogens is 232 g/mol. The first-order chi connectivity index (χ1) is 8.33. The maximum atomic E-state index is 12.5. The Morgan fingerprint density at radius 2 is 1.89 bits per heavy atom. The van der Waals surface area contributed by atoms with E-state index in [1.54, 1.807) is 12.1 Å². The summed E-state index contributed by atoms with van der Waals surface area (Å²) >= 11 is 0. The lowest BCUT2D eigenvalue weighted by molar-refractivity contribution is 0.151. The third-order valence-corrected chi connectivity index (χ3v) is 3.68. The zero-order chi connectivity index (χ0) is 13.8. The fraction of sp³-hybridized carbons (Fsp3) is 0.600. The molecule has 0 fully saturated rings. The summed E-state index contributed by atoms with van der Waals surface area (Å²) in [7, 11) is 0. The summed E-state index contributed by atoms with van der Waals surface area (Å²) in [5, 5.41) is 3.34. The van der Waals surface area contributed by atoms with E-state index in [1.165, 1.54) is 6.07 Å². The van der Waals surface area contributed by atoms with Gasteiger partial charge >= 0.3 is 0 Å². The predicted octanol–water partition coefficient (Wildman–Crippen LogP) is 4.40. The van der Waals surface area contributed by atoms with Gasteiger partial charge in [-0.25, -0.2) is 8.78 Å². The number of hydrogen-bond donors (Lipinski definition) is 1. The minimum atomic E-state index is -2.39. The lowest BCUT2D eigenvalue weighted by Gasteiger charge is -2.29. The highest BCUT2D eigenvalue weighted by molar-refractivity contribution is 5.24. The van der Waals surface area contributed by atoms with Crippen molar-refractivity contribution >= 4 is 0 Å². The molecule has 0 saturated heterocycles. The third-order valence-electron chi connectivity index (χ3n) is 3.68. The van der Waals surface area contributed by atoms with Gasteiger partial charge < -0.3 is 5.32 Å². The summed E-state index contributed by atoms with van der Waals surface area (Å²) < 4.78 is 25.1. The molecule has 1 aromatic rings. The van der Waals surface area contributed by atoms with Gasteiger partial charge in [-0.05, 0) is 23.0 Å². The van der Waals surface area contributed by atoms with Crippen LogP contribution in [0.5, 0.6) is 0 Å². The minimum absolute atomic E-state index is 0.0948. The SMILES string of the molecule is CC(C)C(C)(C)CNCc1cccc(C(F)F)c1. The van der Waals surface area contributed by atoms with Gasteiger partial charge in [0.2, 0.25) is 0 Å². The van der Waals surface area contributed by atoms with Crippen LogP contribution in [0.25, 0.3) is 0 Å². The molecule has 1 nitrogen and oxygen atoms in total. The molecule has 18 heavy (non-hydrogen) atoms. The van der Waals surface area contributed by atoms with Crippen molar-refractivity contribution in [2.24, 2.45) is 11.3 Å². The van der Waals surface area contributed by atoms with Crippen molar-refractivity contribution in [3.8, 4) is 0 Å². The van der Waals surface area contributed by atoms with E-state index in [2.05, 4.69) is 33.0 Å². The van der Waals surface area contributed by atoms with Crippen LogP contribution in [0.4, 0.5) is 8.78 Å². The molecule has 0 bridgehead atoms. The molecule has 0 atom stereocenters. The summed E-state index contributed by atoms with van der Waals surface area (Å²) in [6.07, 6.45) is -2.39. The Labute approximate surface area is 109 Å². The van der Waals surface area contributed by atoms with Gasteiger partial charge in [0.25, 0.3) is 6.43 Å². The van der Waals surface area contributed by atoms with Gasteiger partial charge in [-0.3, -0.25) is 0 Å². The van der Waals surface area contributed by atoms with E-state index in [9.17, 15) is 8.78 Å². The van der Waals surface area contributed by atoms with E-state index < -0.39 is 6.43 Å². The Bertz CT molecular complexity index is 373. The van der Waals surface area contributed by atoms with Crippen molar-refractivity contribution in [1.82, 2.24) is 5.32 Å². The number of nitrogens with one attached hydrogen (secondary N) is 1. The standard InChI is InChI=1S/C15H23F2N/c1-11(2)15(3,4)10-18-9-12-6-5-7-13(8-12)14(16)17/h5-8,11,14,18H,9-10H2,1-4H3. The average molecular weight is 255 g/mol. The fourth-order valence-corrected chi connectivity index (χ4v) is 1.57. The number of rotatable bonds is 6. The van der Waals surface area contributed by atoms with E-state index in [0.29, 0.717) is 12.5 Å². The van der Waals surface area contributed by atoms with Gasteiger partial charge in [0, 0.05) is 18.7 Å². The molecule has 1 rings (SSSR count). The summed E-state index contributed by atoms with van der Waals surface area (Å²) in [4.78, 5) is 0. The topological polar surface area (TPSA) is 12.0 Å². The van der Waals surface area contributed by atoms with Crippen LogP contribution in [0, 0.1) is 11.3 Å². The molecular formula is C15H23F2N. The lowest BCUT2D eigenvalue weighted by Crippen LogP contribution is -2.33. The van der Waals surface area contributed by atoms with E-state index in [1.807, 2.05) is 6.07 Å². The van der Waals surface area contributed by atoms with E-state index in [-0.39, 0.29) is 11.0 Å². The van der Waals surface area contributed by atoms with Crippen LogP contribution in [0.15, 0.2) is 24.3 Å². The molecule has 0 aliphatic rings. The molecule has 0 radical (unpaired) electrons. The van der Waals surface area contributed by atoms with Crippen LogP contribution >= 0.6 is 0 Å². The fourth-order valence-electron chi connectivity index (χ4n) is 1.57. The second-order valence-electron chi connectivity index (χ2n) is 5.79. The Kier molecular flexibility index (Phi) is 5.27. The number of hydrogen-bond acceptors (Lipinski definition) is 1. The monoisotopic (exact) mass is 255 g/mol. The van der Waals surface area contributed by atoms with E-state index in [4.69, 9.17) is 0 Å². The van der Waals surface area contributed by atoms with Gasteiger partial charge in [-0.15, -0.1) is 0 Å². The van der Waals surface area contributed by atoms with Crippen molar-refractivity contribution in [1.29, 1.82) is 0 Å². The van der Waals surface area contributed by atoms with Crippen molar-refractivity contribution in [3.05, 3.63) is 35.4 Å². The molecule has 0 aliphatic heterocycles. The van der Waals surface area contributed by atoms with Gasteiger partial charge in [-0.1, -0.05) is 45.9 Å². The molecule has 0 aliphatic carbocycles. The molecule has 0 heterocycles. The van der Waals surface area contributed by atoms with Crippen LogP contribution < -0.4 is 5.32 Å². The Hall–Kier alpha value is -0.960. The first-order valence-electron chi connectivity index (χ1n) is 6.40. The second-order valence-corrected chi connectivity index (χ2v) is 5.79. The van der Waals surface area contributed by atoms with Crippen molar-refractivity contribution in [2.75, 3.05) is 6.54 Å². The predicted molar refractivity (Wildman–Crippen MR) is 71.7 cm³/mol. The quantitative estimate of drug-likeness (QED) is 0.794. The molecule has 102 valence electrons. The molecule has 0 amide bonds. The number of alkyl halides is 2. The van der Waals surface area contributed by atoms with Gasteiger partial charge in [-0.2, -0.15) is 0 Å². The maximum Gasteiger partial charge on any atom is 0.263 e. The summed E-state index contributed by atoms with van der Waals surface area (Å²) in [6.45, 7) is 10.3. The molecule has 0 aromatic heterocycles. The summed E-state index contributed by atoms with van der Waals surface area (Å²) in [5.41, 5.74) is 1.21. The minimum Gasteiger partial charge on any atom is -0.312 e. The first-order valence-corrected chi connectivity index (χ1v) is 6.40. The second kappa shape index (κ2) is 6.28. The van der Waals surface area contributed by atoms with Gasteiger partial charge in [0.1, 0.15) is 0 Å². The van der Waals surface area contributed by atoms with Crippen LogP contribution in [-0.4, -0.2) is 6.54 Å². The third kappa shape index (κ3) is 4.37. The Balaban J connectivity index is 2.52. The van der Waals surface area contributed by atoms with Gasteiger partial charge in [0.15, 0.2) is 0 Å². The largest absolute Gasteiger partial charge is 0.312 e. The molecule has 0 saturated carbocycles. The number of benzene rings is 1. The molecule has 1 N–H and O–H groups in total. The highest BCUT2D eigenvalue weighted by Crippen LogP contribution is 2.25. The van der Waals surface area contributed by atoms with Crippen molar-refractivity contribution in [2.45, 2.75) is 40.7 Å². The van der Waals surface area contributed by atoms with Crippen LogP contribution in [-0.2, 0) is 6.54 Å². The van der Waals surface area contributed by atoms with Crippen LogP contribution in [0.1, 0.15) is 45.2 Å². The van der Waals surface area contributed by atoms with Gasteiger partial charge in [0.05, 0.1) is 0 Å². The summed E-state index contributed by atoms with van der Waals surface area (Å²) in [5.74, 6) is 0.581. The summed E-state index contributed by atoms with van der Waals surface area (Å²) in [6, 6.07) is 6.60. The molecule has 0 spiro atoms. The van der Waals surface area contributed by atoms with E-state index >= 15 is 0 Å². The Morgan fingerprint density at radius 3 is 2.44 bits per heavy atom. The molecule has 0 unspecified atom stereocenters. The smallest absolute Gasteiger partial charge is 0.263 e. The van der Waals surface area contributed by atoms with Crippen LogP contribution in [0.2, 0.25) is 0 Å². The maximum absolute atomic E-state index is 12.5. The molecule has 1 aromatic carbocycles. The normalized spacial score (nSPS) is 12.4.